The summed E-state index contributed by atoms with van der Waals surface area (Å²) in [5, 5.41) is 4.57. The topological polar surface area (TPSA) is 80.9 Å². The molecular weight excluding hydrogens is 306 g/mol. The van der Waals surface area contributed by atoms with Crippen molar-refractivity contribution in [1.29, 1.82) is 0 Å². The molecule has 0 aliphatic heterocycles. The molecular formula is C18H13N3O3. The first-order valence-corrected chi connectivity index (χ1v) is 7.43. The number of aldehydes is 1. The molecule has 2 aromatic heterocycles. The predicted octanol–water partition coefficient (Wildman–Crippen LogP) is 2.85. The molecule has 0 aliphatic carbocycles. The van der Waals surface area contributed by atoms with E-state index in [0.717, 1.165) is 28.3 Å². The van der Waals surface area contributed by atoms with Crippen molar-refractivity contribution < 1.29 is 9.32 Å². The zero-order valence-electron chi connectivity index (χ0n) is 12.6. The first-order valence-electron chi connectivity index (χ1n) is 7.43. The minimum Gasteiger partial charge on any atom is -0.342 e. The molecule has 0 radical (unpaired) electrons. The molecule has 2 heterocycles. The van der Waals surface area contributed by atoms with Crippen molar-refractivity contribution in [1.82, 2.24) is 14.7 Å². The number of hydrogen-bond donors (Lipinski definition) is 1. The number of carbonyl (C=O) groups excluding carboxylic acids is 1. The van der Waals surface area contributed by atoms with Crippen LogP contribution in [-0.2, 0) is 6.54 Å². The standard InChI is InChI=1S/C18H13N3O3/c22-11-14-10-21(9-12-4-2-1-3-5-12)16-8-13(6-7-15(14)16)17-19-18(23)24-20-17/h1-8,10-11H,9H2,(H,19,20,23). The van der Waals surface area contributed by atoms with Crippen LogP contribution in [-0.4, -0.2) is 21.0 Å². The molecule has 4 rings (SSSR count). The van der Waals surface area contributed by atoms with Crippen molar-refractivity contribution in [3.63, 3.8) is 0 Å². The number of H-pyrrole nitrogens is 1. The number of fused-ring (bicyclic) bond motifs is 1. The van der Waals surface area contributed by atoms with Crippen molar-refractivity contribution in [3.8, 4) is 11.4 Å². The van der Waals surface area contributed by atoms with Gasteiger partial charge in [0.2, 0.25) is 0 Å². The molecule has 6 heteroatoms. The van der Waals surface area contributed by atoms with Crippen molar-refractivity contribution in [2.45, 2.75) is 6.54 Å². The van der Waals surface area contributed by atoms with Crippen LogP contribution in [0.4, 0.5) is 0 Å². The minimum atomic E-state index is -0.599. The first-order chi connectivity index (χ1) is 11.7. The van der Waals surface area contributed by atoms with Gasteiger partial charge in [-0.05, 0) is 11.6 Å². The van der Waals surface area contributed by atoms with Crippen LogP contribution in [0, 0.1) is 0 Å². The van der Waals surface area contributed by atoms with E-state index in [1.54, 1.807) is 6.07 Å². The Labute approximate surface area is 136 Å². The fourth-order valence-corrected chi connectivity index (χ4v) is 2.83. The molecule has 24 heavy (non-hydrogen) atoms. The molecule has 0 saturated carbocycles. The Morgan fingerprint density at radius 2 is 2.00 bits per heavy atom. The van der Waals surface area contributed by atoms with Crippen LogP contribution in [0.5, 0.6) is 0 Å². The molecule has 6 nitrogen and oxygen atoms in total. The Balaban J connectivity index is 1.86. The average molecular weight is 319 g/mol. The maximum absolute atomic E-state index is 11.4. The lowest BCUT2D eigenvalue weighted by molar-refractivity contribution is 0.112. The summed E-state index contributed by atoms with van der Waals surface area (Å²) in [6.07, 6.45) is 2.68. The number of rotatable bonds is 4. The smallest absolute Gasteiger partial charge is 0.342 e. The third-order valence-corrected chi connectivity index (χ3v) is 3.95. The third kappa shape index (κ3) is 2.44. The van der Waals surface area contributed by atoms with E-state index >= 15 is 0 Å². The highest BCUT2D eigenvalue weighted by molar-refractivity contribution is 5.99. The number of nitrogens with zero attached hydrogens (tertiary/aromatic N) is 2. The molecule has 0 atom stereocenters. The van der Waals surface area contributed by atoms with E-state index in [1.807, 2.05) is 53.2 Å². The molecule has 0 bridgehead atoms. The number of nitrogens with one attached hydrogen (secondary N) is 1. The lowest BCUT2D eigenvalue weighted by Gasteiger charge is -2.06. The highest BCUT2D eigenvalue weighted by Crippen LogP contribution is 2.26. The normalized spacial score (nSPS) is 11.0. The fraction of sp³-hybridized carbons (Fsp3) is 0.0556. The average Bonchev–Trinajstić information content (AvgIpc) is 3.19. The van der Waals surface area contributed by atoms with Crippen molar-refractivity contribution >= 4 is 17.2 Å². The van der Waals surface area contributed by atoms with E-state index in [-0.39, 0.29) is 0 Å². The van der Waals surface area contributed by atoms with Crippen LogP contribution in [0.25, 0.3) is 22.3 Å². The van der Waals surface area contributed by atoms with Crippen LogP contribution < -0.4 is 5.76 Å². The van der Waals surface area contributed by atoms with Crippen LogP contribution in [0.1, 0.15) is 15.9 Å². The lowest BCUT2D eigenvalue weighted by Crippen LogP contribution is -1.98. The van der Waals surface area contributed by atoms with Gasteiger partial charge < -0.3 is 4.57 Å². The molecule has 0 saturated heterocycles. The predicted molar refractivity (Wildman–Crippen MR) is 89.0 cm³/mol. The SMILES string of the molecule is O=Cc1cn(Cc2ccccc2)c2cc(-c3noc(=O)[nH]3)ccc12. The van der Waals surface area contributed by atoms with Gasteiger partial charge in [0.1, 0.15) is 0 Å². The van der Waals surface area contributed by atoms with Crippen molar-refractivity contribution in [2.75, 3.05) is 0 Å². The van der Waals surface area contributed by atoms with Crippen LogP contribution in [0.2, 0.25) is 0 Å². The molecule has 0 spiro atoms. The molecule has 0 fully saturated rings. The van der Waals surface area contributed by atoms with Crippen molar-refractivity contribution in [2.24, 2.45) is 0 Å². The van der Waals surface area contributed by atoms with Gasteiger partial charge in [0.05, 0.1) is 0 Å². The second kappa shape index (κ2) is 5.66. The van der Waals surface area contributed by atoms with Gasteiger partial charge in [-0.15, -0.1) is 0 Å². The van der Waals surface area contributed by atoms with Gasteiger partial charge in [-0.25, -0.2) is 4.79 Å². The van der Waals surface area contributed by atoms with E-state index in [0.29, 0.717) is 17.9 Å². The van der Waals surface area contributed by atoms with Gasteiger partial charge in [-0.2, -0.15) is 0 Å². The molecule has 2 aromatic carbocycles. The third-order valence-electron chi connectivity index (χ3n) is 3.95. The Hall–Kier alpha value is -3.41. The van der Waals surface area contributed by atoms with Gasteiger partial charge in [-0.1, -0.05) is 47.6 Å². The largest absolute Gasteiger partial charge is 0.439 e. The zero-order valence-corrected chi connectivity index (χ0v) is 12.6. The summed E-state index contributed by atoms with van der Waals surface area (Å²) in [6, 6.07) is 15.5. The summed E-state index contributed by atoms with van der Waals surface area (Å²) in [5.41, 5.74) is 3.37. The van der Waals surface area contributed by atoms with Gasteiger partial charge in [0, 0.05) is 34.8 Å². The molecule has 0 unspecified atom stereocenters. The fourth-order valence-electron chi connectivity index (χ4n) is 2.83. The zero-order chi connectivity index (χ0) is 16.5. The summed E-state index contributed by atoms with van der Waals surface area (Å²) >= 11 is 0. The Morgan fingerprint density at radius 3 is 2.71 bits per heavy atom. The molecule has 1 N–H and O–H groups in total. The van der Waals surface area contributed by atoms with E-state index in [2.05, 4.69) is 14.7 Å². The maximum atomic E-state index is 11.4. The minimum absolute atomic E-state index is 0.363. The van der Waals surface area contributed by atoms with Gasteiger partial charge in [0.15, 0.2) is 12.1 Å². The summed E-state index contributed by atoms with van der Waals surface area (Å²) < 4.78 is 6.57. The second-order valence-corrected chi connectivity index (χ2v) is 5.49. The lowest BCUT2D eigenvalue weighted by atomic mass is 10.1. The molecule has 0 amide bonds. The van der Waals surface area contributed by atoms with Crippen LogP contribution >= 0.6 is 0 Å². The Morgan fingerprint density at radius 1 is 1.17 bits per heavy atom. The quantitative estimate of drug-likeness (QED) is 0.586. The van der Waals surface area contributed by atoms with E-state index in [4.69, 9.17) is 0 Å². The highest BCUT2D eigenvalue weighted by Gasteiger charge is 2.12. The van der Waals surface area contributed by atoms with E-state index < -0.39 is 5.76 Å². The monoisotopic (exact) mass is 319 g/mol. The van der Waals surface area contributed by atoms with Gasteiger partial charge in [0.25, 0.3) is 0 Å². The highest BCUT2D eigenvalue weighted by atomic mass is 16.5. The number of carbonyl (C=O) groups is 1. The Bertz CT molecular complexity index is 1070. The number of aromatic amines is 1. The summed E-state index contributed by atoms with van der Waals surface area (Å²) in [7, 11) is 0. The number of aromatic nitrogens is 3. The van der Waals surface area contributed by atoms with E-state index in [9.17, 15) is 9.59 Å². The Kier molecular flexibility index (Phi) is 3.35. The first kappa shape index (κ1) is 14.2. The van der Waals surface area contributed by atoms with E-state index in [1.165, 1.54) is 0 Å². The number of hydrogen-bond acceptors (Lipinski definition) is 4. The van der Waals surface area contributed by atoms with Crippen LogP contribution in [0.3, 0.4) is 0 Å². The van der Waals surface area contributed by atoms with Gasteiger partial charge >= 0.3 is 5.76 Å². The van der Waals surface area contributed by atoms with Crippen molar-refractivity contribution in [3.05, 3.63) is 76.4 Å². The number of benzene rings is 2. The summed E-state index contributed by atoms with van der Waals surface area (Å²) in [4.78, 5) is 25.0. The molecule has 0 aliphatic rings. The molecule has 4 aromatic rings. The molecule has 118 valence electrons. The summed E-state index contributed by atoms with van der Waals surface area (Å²) in [5.74, 6) is -0.236. The second-order valence-electron chi connectivity index (χ2n) is 5.49. The summed E-state index contributed by atoms with van der Waals surface area (Å²) in [6.45, 7) is 0.643. The maximum Gasteiger partial charge on any atom is 0.439 e. The van der Waals surface area contributed by atoms with Crippen LogP contribution in [0.15, 0.2) is 64.0 Å². The van der Waals surface area contributed by atoms with Gasteiger partial charge in [-0.3, -0.25) is 14.3 Å².